The number of halogens is 1. The Labute approximate surface area is 182 Å². The molecular weight excluding hydrogens is 453 g/mol. The maximum Gasteiger partial charge on any atom is 0.191 e. The molecule has 0 amide bonds. The average Bonchev–Trinajstić information content (AvgIpc) is 2.61. The lowest BCUT2D eigenvalue weighted by molar-refractivity contribution is 0.0657. The van der Waals surface area contributed by atoms with Gasteiger partial charge in [0.15, 0.2) is 5.96 Å². The van der Waals surface area contributed by atoms with E-state index in [1.165, 1.54) is 11.1 Å². The highest BCUT2D eigenvalue weighted by atomic mass is 127. The summed E-state index contributed by atoms with van der Waals surface area (Å²) in [5.74, 6) is 1.44. The highest BCUT2D eigenvalue weighted by Crippen LogP contribution is 2.08. The summed E-state index contributed by atoms with van der Waals surface area (Å²) in [5, 5.41) is 6.65. The first-order chi connectivity index (χ1) is 12.5. The minimum absolute atomic E-state index is 0. The predicted octanol–water partition coefficient (Wildman–Crippen LogP) is 4.35. The standard InChI is InChI=1S/C21H37N3O2.HI/c1-6-22-21(23-12-7-13-25-15-17(2)3)24-14-19-8-10-20(11-9-19)16-26-18(4)5;/h8-11,17-18H,6-7,12-16H2,1-5H3,(H2,22,23,24);1H. The van der Waals surface area contributed by atoms with Gasteiger partial charge in [-0.15, -0.1) is 24.0 Å². The van der Waals surface area contributed by atoms with E-state index in [0.717, 1.165) is 38.7 Å². The van der Waals surface area contributed by atoms with Gasteiger partial charge in [0.05, 0.1) is 19.3 Å². The molecule has 5 nitrogen and oxygen atoms in total. The van der Waals surface area contributed by atoms with Crippen molar-refractivity contribution >= 4 is 29.9 Å². The summed E-state index contributed by atoms with van der Waals surface area (Å²) < 4.78 is 11.2. The van der Waals surface area contributed by atoms with Crippen molar-refractivity contribution < 1.29 is 9.47 Å². The predicted molar refractivity (Wildman–Crippen MR) is 125 cm³/mol. The van der Waals surface area contributed by atoms with E-state index in [4.69, 9.17) is 9.47 Å². The van der Waals surface area contributed by atoms with Gasteiger partial charge in [-0.1, -0.05) is 38.1 Å². The Bertz CT molecular complexity index is 505. The SMILES string of the molecule is CCNC(=NCc1ccc(COC(C)C)cc1)NCCCOCC(C)C.I. The molecule has 0 spiro atoms. The van der Waals surface area contributed by atoms with E-state index in [1.54, 1.807) is 0 Å². The van der Waals surface area contributed by atoms with Gasteiger partial charge in [-0.25, -0.2) is 4.99 Å². The van der Waals surface area contributed by atoms with E-state index in [-0.39, 0.29) is 30.1 Å². The number of hydrogen-bond acceptors (Lipinski definition) is 3. The Morgan fingerprint density at radius 1 is 1.04 bits per heavy atom. The van der Waals surface area contributed by atoms with Gasteiger partial charge in [0.2, 0.25) is 0 Å². The van der Waals surface area contributed by atoms with Crippen LogP contribution in [0.3, 0.4) is 0 Å². The molecule has 0 heterocycles. The van der Waals surface area contributed by atoms with Crippen LogP contribution in [0.4, 0.5) is 0 Å². The van der Waals surface area contributed by atoms with Crippen LogP contribution >= 0.6 is 24.0 Å². The summed E-state index contributed by atoms with van der Waals surface area (Å²) >= 11 is 0. The molecule has 1 rings (SSSR count). The number of nitrogens with zero attached hydrogens (tertiary/aromatic N) is 1. The van der Waals surface area contributed by atoms with Crippen molar-refractivity contribution in [2.24, 2.45) is 10.9 Å². The van der Waals surface area contributed by atoms with Gasteiger partial charge in [-0.05, 0) is 44.2 Å². The van der Waals surface area contributed by atoms with Crippen LogP contribution in [0.25, 0.3) is 0 Å². The zero-order valence-electron chi connectivity index (χ0n) is 17.6. The van der Waals surface area contributed by atoms with Crippen LogP contribution in [0, 0.1) is 5.92 Å². The minimum atomic E-state index is 0. The Morgan fingerprint density at radius 2 is 1.70 bits per heavy atom. The molecular formula is C21H38IN3O2. The summed E-state index contributed by atoms with van der Waals surface area (Å²) in [7, 11) is 0. The molecule has 2 N–H and O–H groups in total. The molecule has 0 bridgehead atoms. The second kappa shape index (κ2) is 16.1. The molecule has 156 valence electrons. The third-order valence-corrected chi connectivity index (χ3v) is 3.58. The van der Waals surface area contributed by atoms with E-state index < -0.39 is 0 Å². The molecule has 0 aromatic heterocycles. The number of aliphatic imine (C=N–C) groups is 1. The normalized spacial score (nSPS) is 11.6. The molecule has 0 atom stereocenters. The lowest BCUT2D eigenvalue weighted by Gasteiger charge is -2.12. The molecule has 1 aromatic carbocycles. The molecule has 6 heteroatoms. The van der Waals surface area contributed by atoms with Crippen LogP contribution in [0.1, 0.15) is 52.2 Å². The molecule has 0 fully saturated rings. The molecule has 0 unspecified atom stereocenters. The van der Waals surface area contributed by atoms with Crippen LogP contribution in [-0.4, -0.2) is 38.4 Å². The van der Waals surface area contributed by atoms with Crippen molar-refractivity contribution in [3.8, 4) is 0 Å². The Hall–Kier alpha value is -0.860. The van der Waals surface area contributed by atoms with E-state index in [0.29, 0.717) is 19.1 Å². The number of benzene rings is 1. The van der Waals surface area contributed by atoms with Gasteiger partial charge in [-0.3, -0.25) is 0 Å². The van der Waals surface area contributed by atoms with Gasteiger partial charge in [-0.2, -0.15) is 0 Å². The molecule has 0 radical (unpaired) electrons. The molecule has 0 saturated heterocycles. The van der Waals surface area contributed by atoms with Crippen molar-refractivity contribution in [2.45, 2.75) is 60.3 Å². The molecule has 0 saturated carbocycles. The first-order valence-corrected chi connectivity index (χ1v) is 9.80. The summed E-state index contributed by atoms with van der Waals surface area (Å²) in [6.45, 7) is 15.1. The summed E-state index contributed by atoms with van der Waals surface area (Å²) in [5.41, 5.74) is 2.38. The number of ether oxygens (including phenoxy) is 2. The van der Waals surface area contributed by atoms with Crippen LogP contribution in [0.15, 0.2) is 29.3 Å². The quantitative estimate of drug-likeness (QED) is 0.198. The van der Waals surface area contributed by atoms with Crippen LogP contribution < -0.4 is 10.6 Å². The Kier molecular flexibility index (Phi) is 15.6. The van der Waals surface area contributed by atoms with Crippen molar-refractivity contribution in [2.75, 3.05) is 26.3 Å². The highest BCUT2D eigenvalue weighted by molar-refractivity contribution is 14.0. The second-order valence-electron chi connectivity index (χ2n) is 7.12. The fourth-order valence-electron chi connectivity index (χ4n) is 2.22. The van der Waals surface area contributed by atoms with E-state index in [9.17, 15) is 0 Å². The molecule has 0 aliphatic rings. The molecule has 27 heavy (non-hydrogen) atoms. The van der Waals surface area contributed by atoms with Crippen molar-refractivity contribution in [1.29, 1.82) is 0 Å². The highest BCUT2D eigenvalue weighted by Gasteiger charge is 2.00. The number of rotatable bonds is 12. The van der Waals surface area contributed by atoms with Crippen molar-refractivity contribution in [1.82, 2.24) is 10.6 Å². The number of hydrogen-bond donors (Lipinski definition) is 2. The van der Waals surface area contributed by atoms with E-state index in [2.05, 4.69) is 74.5 Å². The van der Waals surface area contributed by atoms with Crippen molar-refractivity contribution in [3.63, 3.8) is 0 Å². The average molecular weight is 491 g/mol. The molecule has 1 aromatic rings. The van der Waals surface area contributed by atoms with Crippen molar-refractivity contribution in [3.05, 3.63) is 35.4 Å². The van der Waals surface area contributed by atoms with Crippen LogP contribution in [0.2, 0.25) is 0 Å². The monoisotopic (exact) mass is 491 g/mol. The third kappa shape index (κ3) is 13.9. The summed E-state index contributed by atoms with van der Waals surface area (Å²) in [4.78, 5) is 4.66. The van der Waals surface area contributed by atoms with Crippen LogP contribution in [0.5, 0.6) is 0 Å². The first-order valence-electron chi connectivity index (χ1n) is 9.80. The largest absolute Gasteiger partial charge is 0.381 e. The first kappa shape index (κ1) is 26.1. The zero-order chi connectivity index (χ0) is 19.2. The Balaban J connectivity index is 0.00000676. The molecule has 0 aliphatic carbocycles. The topological polar surface area (TPSA) is 54.9 Å². The fourth-order valence-corrected chi connectivity index (χ4v) is 2.22. The summed E-state index contributed by atoms with van der Waals surface area (Å²) in [6, 6.07) is 8.46. The number of nitrogens with one attached hydrogen (secondary N) is 2. The molecule has 0 aliphatic heterocycles. The van der Waals surface area contributed by atoms with Gasteiger partial charge in [0.25, 0.3) is 0 Å². The zero-order valence-corrected chi connectivity index (χ0v) is 19.9. The van der Waals surface area contributed by atoms with Crippen LogP contribution in [-0.2, 0) is 22.6 Å². The second-order valence-corrected chi connectivity index (χ2v) is 7.12. The van der Waals surface area contributed by atoms with Gasteiger partial charge in [0, 0.05) is 26.3 Å². The minimum Gasteiger partial charge on any atom is -0.381 e. The lowest BCUT2D eigenvalue weighted by atomic mass is 10.1. The third-order valence-electron chi connectivity index (χ3n) is 3.58. The van der Waals surface area contributed by atoms with Gasteiger partial charge in [0.1, 0.15) is 0 Å². The maximum absolute atomic E-state index is 5.63. The van der Waals surface area contributed by atoms with Gasteiger partial charge < -0.3 is 20.1 Å². The number of guanidine groups is 1. The lowest BCUT2D eigenvalue weighted by Crippen LogP contribution is -2.38. The Morgan fingerprint density at radius 3 is 2.30 bits per heavy atom. The van der Waals surface area contributed by atoms with E-state index >= 15 is 0 Å². The smallest absolute Gasteiger partial charge is 0.191 e. The summed E-state index contributed by atoms with van der Waals surface area (Å²) in [6.07, 6.45) is 1.23. The van der Waals surface area contributed by atoms with E-state index in [1.807, 2.05) is 0 Å². The van der Waals surface area contributed by atoms with Gasteiger partial charge >= 0.3 is 0 Å². The fraction of sp³-hybridized carbons (Fsp3) is 0.667. The maximum atomic E-state index is 5.63.